The topological polar surface area (TPSA) is 60.7 Å². The predicted molar refractivity (Wildman–Crippen MR) is 30.9 cm³/mol. The van der Waals surface area contributed by atoms with Crippen molar-refractivity contribution in [2.24, 2.45) is 0 Å². The maximum absolute atomic E-state index is 7.17. The Morgan fingerprint density at radius 2 is 1.00 bits per heavy atom. The van der Waals surface area contributed by atoms with Gasteiger partial charge in [-0.05, 0) is 0 Å². The normalized spacial score (nSPS) is 4.50. The molecule has 0 amide bonds. The van der Waals surface area contributed by atoms with E-state index in [1.54, 1.807) is 0 Å². The summed E-state index contributed by atoms with van der Waals surface area (Å²) in [6.45, 7) is 0. The Kier molecular flexibility index (Phi) is 25.0. The molecule has 3 N–H and O–H groups in total. The van der Waals surface area contributed by atoms with Crippen LogP contribution in [-0.4, -0.2) is 68.5 Å². The second-order valence-corrected chi connectivity index (χ2v) is 0.346. The summed E-state index contributed by atoms with van der Waals surface area (Å²) < 4.78 is 0. The van der Waals surface area contributed by atoms with Crippen LogP contribution in [0.5, 0.6) is 0 Å². The molecule has 6 heavy (non-hydrogen) atoms. The van der Waals surface area contributed by atoms with E-state index in [2.05, 4.69) is 0 Å². The summed E-state index contributed by atoms with van der Waals surface area (Å²) >= 11 is 0. The fourth-order valence-corrected chi connectivity index (χ4v) is 0. The Morgan fingerprint density at radius 3 is 1.00 bits per heavy atom. The molecule has 0 atom stereocenters. The van der Waals surface area contributed by atoms with Crippen molar-refractivity contribution in [3.63, 3.8) is 0 Å². The Labute approximate surface area is 68.1 Å². The first-order chi connectivity index (χ1) is 1.73. The van der Waals surface area contributed by atoms with E-state index in [0.717, 1.165) is 0 Å². The number of hydrogen-bond acceptors (Lipinski definition) is 3. The van der Waals surface area contributed by atoms with E-state index < -0.39 is 7.32 Å². The van der Waals surface area contributed by atoms with Crippen LogP contribution < -0.4 is 0 Å². The fraction of sp³-hybridized carbons (Fsp3) is 0. The van der Waals surface area contributed by atoms with Gasteiger partial charge in [-0.25, -0.2) is 0 Å². The van der Waals surface area contributed by atoms with Gasteiger partial charge in [-0.3, -0.25) is 0 Å². The molecule has 0 aromatic rings. The van der Waals surface area contributed by atoms with Gasteiger partial charge < -0.3 is 15.1 Å². The van der Waals surface area contributed by atoms with Crippen molar-refractivity contribution >= 4 is 53.5 Å². The minimum atomic E-state index is -2.17. The average Bonchev–Trinajstić information content (AvgIpc) is 0.811. The minimum absolute atomic E-state index is 0. The molecule has 0 aromatic heterocycles. The monoisotopic (exact) mass is 118 g/mol. The van der Waals surface area contributed by atoms with E-state index in [0.29, 0.717) is 0 Å². The van der Waals surface area contributed by atoms with Crippen molar-refractivity contribution in [1.29, 1.82) is 0 Å². The summed E-state index contributed by atoms with van der Waals surface area (Å²) in [5.74, 6) is 0. The maximum atomic E-state index is 7.17. The molecule has 0 bridgehead atoms. The Hall–Kier alpha value is 1.27. The van der Waals surface area contributed by atoms with Gasteiger partial charge in [0.15, 0.2) is 0 Å². The van der Waals surface area contributed by atoms with Crippen LogP contribution in [0.25, 0.3) is 0 Å². The van der Waals surface area contributed by atoms with E-state index >= 15 is 0 Å². The van der Waals surface area contributed by atoms with E-state index in [-0.39, 0.29) is 46.2 Å². The molecule has 0 saturated carbocycles. The van der Waals surface area contributed by atoms with Crippen molar-refractivity contribution in [1.82, 2.24) is 0 Å². The summed E-state index contributed by atoms with van der Waals surface area (Å²) in [5.41, 5.74) is 0. The van der Waals surface area contributed by atoms with Crippen molar-refractivity contribution in [3.05, 3.63) is 0 Å². The van der Waals surface area contributed by atoms with Crippen molar-refractivity contribution < 1.29 is 15.1 Å². The SMILES string of the molecule is B.OB(O)O.[CaH2]. The van der Waals surface area contributed by atoms with Crippen LogP contribution >= 0.6 is 0 Å². The molecule has 34 valence electrons. The summed E-state index contributed by atoms with van der Waals surface area (Å²) in [5, 5.41) is 21.5. The zero-order valence-electron chi connectivity index (χ0n) is 1.92. The van der Waals surface area contributed by atoms with Crippen LogP contribution in [0.4, 0.5) is 0 Å². The summed E-state index contributed by atoms with van der Waals surface area (Å²) in [6, 6.07) is 0. The molecule has 6 heteroatoms. The van der Waals surface area contributed by atoms with E-state index in [1.807, 2.05) is 0 Å². The first-order valence-electron chi connectivity index (χ1n) is 0.775. The van der Waals surface area contributed by atoms with Gasteiger partial charge in [0, 0.05) is 0 Å². The van der Waals surface area contributed by atoms with Gasteiger partial charge in [-0.15, -0.1) is 0 Å². The molecule has 0 unspecified atom stereocenters. The Balaban J connectivity index is -0.0000000450. The molecular weight excluding hydrogens is 110 g/mol. The molecule has 0 spiro atoms. The van der Waals surface area contributed by atoms with Gasteiger partial charge in [0.05, 0.1) is 8.41 Å². The van der Waals surface area contributed by atoms with Gasteiger partial charge in [0.2, 0.25) is 0 Å². The van der Waals surface area contributed by atoms with Gasteiger partial charge >= 0.3 is 45.1 Å². The fourth-order valence-electron chi connectivity index (χ4n) is 0. The van der Waals surface area contributed by atoms with Gasteiger partial charge in [0.25, 0.3) is 0 Å². The van der Waals surface area contributed by atoms with Crippen molar-refractivity contribution in [2.75, 3.05) is 0 Å². The van der Waals surface area contributed by atoms with Gasteiger partial charge in [-0.1, -0.05) is 0 Å². The number of hydrogen-bond donors (Lipinski definition) is 3. The van der Waals surface area contributed by atoms with Crippen LogP contribution in [0.3, 0.4) is 0 Å². The molecule has 0 radical (unpaired) electrons. The third-order valence-corrected chi connectivity index (χ3v) is 0. The van der Waals surface area contributed by atoms with E-state index in [9.17, 15) is 0 Å². The molecule has 0 aliphatic carbocycles. The first-order valence-corrected chi connectivity index (χ1v) is 0.775. The van der Waals surface area contributed by atoms with E-state index in [1.165, 1.54) is 0 Å². The van der Waals surface area contributed by atoms with Crippen LogP contribution in [-0.2, 0) is 0 Å². The third kappa shape index (κ3) is 59.6. The van der Waals surface area contributed by atoms with Crippen LogP contribution in [0.1, 0.15) is 0 Å². The number of rotatable bonds is 0. The molecule has 0 aliphatic heterocycles. The molecular formula is H8B2CaO3. The zero-order chi connectivity index (χ0) is 3.58. The van der Waals surface area contributed by atoms with Crippen LogP contribution in [0, 0.1) is 0 Å². The van der Waals surface area contributed by atoms with Crippen molar-refractivity contribution in [3.8, 4) is 0 Å². The van der Waals surface area contributed by atoms with Gasteiger partial charge in [-0.2, -0.15) is 0 Å². The predicted octanol–water partition coefficient (Wildman–Crippen LogP) is -4.15. The average molecular weight is 118 g/mol. The third-order valence-electron chi connectivity index (χ3n) is 0. The molecule has 0 aromatic carbocycles. The van der Waals surface area contributed by atoms with Crippen LogP contribution in [0.2, 0.25) is 0 Å². The molecule has 0 saturated heterocycles. The Bertz CT molecular complexity index is 13.5. The quantitative estimate of drug-likeness (QED) is 0.283. The van der Waals surface area contributed by atoms with E-state index in [4.69, 9.17) is 15.1 Å². The first kappa shape index (κ1) is 15.7. The second kappa shape index (κ2) is 9.55. The van der Waals surface area contributed by atoms with Crippen molar-refractivity contribution in [2.45, 2.75) is 0 Å². The molecule has 0 heterocycles. The molecule has 3 nitrogen and oxygen atoms in total. The second-order valence-electron chi connectivity index (χ2n) is 0.346. The molecule has 0 fully saturated rings. The zero-order valence-corrected chi connectivity index (χ0v) is 1.92. The molecule has 0 rings (SSSR count). The van der Waals surface area contributed by atoms with Crippen LogP contribution in [0.15, 0.2) is 0 Å². The summed E-state index contributed by atoms with van der Waals surface area (Å²) in [4.78, 5) is 0. The van der Waals surface area contributed by atoms with Gasteiger partial charge in [0.1, 0.15) is 0 Å². The Morgan fingerprint density at radius 1 is 1.00 bits per heavy atom. The summed E-state index contributed by atoms with van der Waals surface area (Å²) in [7, 11) is -2.17. The standard InChI is InChI=1S/BH3O3.BH3.Ca.2H/c2-1(3)4;;;;/h2-4H;1H3;;;. The summed E-state index contributed by atoms with van der Waals surface area (Å²) in [6.07, 6.45) is 0. The molecule has 0 aliphatic rings.